The summed E-state index contributed by atoms with van der Waals surface area (Å²) in [6.45, 7) is 6.50. The molecule has 0 spiro atoms. The summed E-state index contributed by atoms with van der Waals surface area (Å²) < 4.78 is 5.98. The SMILES string of the molecule is COc1cccc(C(=O)N2CCN(c3nnc(SCC(=O)NC(C)C)s3)CC2)c1. The predicted octanol–water partition coefficient (Wildman–Crippen LogP) is 2.13. The fourth-order valence-electron chi connectivity index (χ4n) is 2.92. The molecule has 0 aliphatic carbocycles. The van der Waals surface area contributed by atoms with Crippen LogP contribution in [0.5, 0.6) is 5.75 Å². The standard InChI is InChI=1S/C19H25N5O3S2/c1-13(2)20-16(25)12-28-19-22-21-18(29-19)24-9-7-23(8-10-24)17(26)14-5-4-6-15(11-14)27-3/h4-6,11,13H,7-10,12H2,1-3H3,(H,20,25). The molecular weight excluding hydrogens is 410 g/mol. The number of carbonyl (C=O) groups excluding carboxylic acids is 2. The van der Waals surface area contributed by atoms with Gasteiger partial charge in [-0.2, -0.15) is 0 Å². The highest BCUT2D eigenvalue weighted by Gasteiger charge is 2.24. The molecule has 0 unspecified atom stereocenters. The quantitative estimate of drug-likeness (QED) is 0.667. The molecule has 29 heavy (non-hydrogen) atoms. The zero-order valence-electron chi connectivity index (χ0n) is 16.8. The first kappa shape index (κ1) is 21.4. The molecule has 0 bridgehead atoms. The molecular formula is C19H25N5O3S2. The maximum absolute atomic E-state index is 12.7. The van der Waals surface area contributed by atoms with E-state index in [1.807, 2.05) is 30.9 Å². The van der Waals surface area contributed by atoms with Crippen molar-refractivity contribution in [3.63, 3.8) is 0 Å². The highest BCUT2D eigenvalue weighted by atomic mass is 32.2. The summed E-state index contributed by atoms with van der Waals surface area (Å²) in [5.74, 6) is 1.01. The third-order valence-corrected chi connectivity index (χ3v) is 6.44. The summed E-state index contributed by atoms with van der Waals surface area (Å²) in [4.78, 5) is 28.5. The molecule has 0 radical (unpaired) electrons. The number of methoxy groups -OCH3 is 1. The molecule has 10 heteroatoms. The number of hydrogen-bond acceptors (Lipinski definition) is 8. The Bertz CT molecular complexity index is 850. The van der Waals surface area contributed by atoms with Gasteiger partial charge in [0.05, 0.1) is 12.9 Å². The van der Waals surface area contributed by atoms with Crippen LogP contribution < -0.4 is 15.0 Å². The number of hydrogen-bond donors (Lipinski definition) is 1. The Morgan fingerprint density at radius 3 is 2.69 bits per heavy atom. The van der Waals surface area contributed by atoms with Crippen molar-refractivity contribution in [2.75, 3.05) is 43.9 Å². The molecule has 8 nitrogen and oxygen atoms in total. The number of benzene rings is 1. The maximum Gasteiger partial charge on any atom is 0.254 e. The topological polar surface area (TPSA) is 87.7 Å². The summed E-state index contributed by atoms with van der Waals surface area (Å²) in [5.41, 5.74) is 0.632. The van der Waals surface area contributed by atoms with Gasteiger partial charge in [-0.05, 0) is 32.0 Å². The van der Waals surface area contributed by atoms with E-state index in [4.69, 9.17) is 4.74 Å². The van der Waals surface area contributed by atoms with Gasteiger partial charge in [0.1, 0.15) is 5.75 Å². The Morgan fingerprint density at radius 1 is 1.24 bits per heavy atom. The molecule has 1 aromatic carbocycles. The number of nitrogens with one attached hydrogen (secondary N) is 1. The Hall–Kier alpha value is -2.33. The molecule has 0 saturated carbocycles. The minimum Gasteiger partial charge on any atom is -0.497 e. The van der Waals surface area contributed by atoms with Gasteiger partial charge in [-0.1, -0.05) is 29.2 Å². The minimum absolute atomic E-state index is 0.00761. The lowest BCUT2D eigenvalue weighted by Gasteiger charge is -2.34. The number of ether oxygens (including phenoxy) is 1. The van der Waals surface area contributed by atoms with Crippen LogP contribution in [0.3, 0.4) is 0 Å². The number of anilines is 1. The van der Waals surface area contributed by atoms with Crippen LogP contribution >= 0.6 is 23.1 Å². The average Bonchev–Trinajstić information content (AvgIpc) is 3.20. The summed E-state index contributed by atoms with van der Waals surface area (Å²) >= 11 is 2.87. The average molecular weight is 436 g/mol. The fraction of sp³-hybridized carbons (Fsp3) is 0.474. The van der Waals surface area contributed by atoms with Crippen molar-refractivity contribution in [1.82, 2.24) is 20.4 Å². The van der Waals surface area contributed by atoms with Crippen molar-refractivity contribution < 1.29 is 14.3 Å². The van der Waals surface area contributed by atoms with E-state index >= 15 is 0 Å². The van der Waals surface area contributed by atoms with E-state index in [1.165, 1.54) is 23.1 Å². The van der Waals surface area contributed by atoms with Gasteiger partial charge in [0.15, 0.2) is 4.34 Å². The van der Waals surface area contributed by atoms with Crippen molar-refractivity contribution in [3.8, 4) is 5.75 Å². The molecule has 2 aromatic rings. The second kappa shape index (κ2) is 9.93. The summed E-state index contributed by atoms with van der Waals surface area (Å²) in [6.07, 6.45) is 0. The van der Waals surface area contributed by atoms with E-state index in [0.29, 0.717) is 43.2 Å². The van der Waals surface area contributed by atoms with Crippen LogP contribution in [0.2, 0.25) is 0 Å². The van der Waals surface area contributed by atoms with E-state index < -0.39 is 0 Å². The molecule has 1 aromatic heterocycles. The van der Waals surface area contributed by atoms with Crippen LogP contribution in [0.25, 0.3) is 0 Å². The third-order valence-electron chi connectivity index (χ3n) is 4.33. The zero-order chi connectivity index (χ0) is 20.8. The van der Waals surface area contributed by atoms with Crippen molar-refractivity contribution in [1.29, 1.82) is 0 Å². The van der Waals surface area contributed by atoms with Crippen LogP contribution in [0.1, 0.15) is 24.2 Å². The monoisotopic (exact) mass is 435 g/mol. The van der Waals surface area contributed by atoms with Gasteiger partial charge in [-0.3, -0.25) is 9.59 Å². The molecule has 2 heterocycles. The second-order valence-electron chi connectivity index (χ2n) is 6.87. The molecule has 3 rings (SSSR count). The normalized spacial score (nSPS) is 14.2. The number of amides is 2. The van der Waals surface area contributed by atoms with Crippen LogP contribution in [0.15, 0.2) is 28.6 Å². The zero-order valence-corrected chi connectivity index (χ0v) is 18.4. The second-order valence-corrected chi connectivity index (χ2v) is 9.05. The Kier molecular flexibility index (Phi) is 7.32. The lowest BCUT2D eigenvalue weighted by atomic mass is 10.1. The number of thioether (sulfide) groups is 1. The molecule has 1 N–H and O–H groups in total. The Labute approximate surface area is 178 Å². The van der Waals surface area contributed by atoms with Gasteiger partial charge in [-0.25, -0.2) is 0 Å². The summed E-state index contributed by atoms with van der Waals surface area (Å²) in [7, 11) is 1.59. The van der Waals surface area contributed by atoms with Crippen molar-refractivity contribution in [2.24, 2.45) is 0 Å². The van der Waals surface area contributed by atoms with E-state index in [9.17, 15) is 9.59 Å². The van der Waals surface area contributed by atoms with Gasteiger partial charge in [0.25, 0.3) is 5.91 Å². The Balaban J connectivity index is 1.51. The first-order valence-corrected chi connectivity index (χ1v) is 11.2. The highest BCUT2D eigenvalue weighted by molar-refractivity contribution is 8.01. The van der Waals surface area contributed by atoms with E-state index in [2.05, 4.69) is 20.4 Å². The number of carbonyl (C=O) groups is 2. The molecule has 1 saturated heterocycles. The fourth-order valence-corrected chi connectivity index (χ4v) is 4.62. The van der Waals surface area contributed by atoms with Gasteiger partial charge < -0.3 is 19.9 Å². The molecule has 2 amide bonds. The van der Waals surface area contributed by atoms with E-state index in [1.54, 1.807) is 19.2 Å². The largest absolute Gasteiger partial charge is 0.497 e. The molecule has 1 fully saturated rings. The van der Waals surface area contributed by atoms with Crippen LogP contribution in [0.4, 0.5) is 5.13 Å². The maximum atomic E-state index is 12.7. The lowest BCUT2D eigenvalue weighted by molar-refractivity contribution is -0.119. The number of rotatable bonds is 7. The van der Waals surface area contributed by atoms with Crippen LogP contribution in [0, 0.1) is 0 Å². The van der Waals surface area contributed by atoms with Crippen molar-refractivity contribution in [3.05, 3.63) is 29.8 Å². The van der Waals surface area contributed by atoms with E-state index in [0.717, 1.165) is 9.47 Å². The van der Waals surface area contributed by atoms with Crippen LogP contribution in [-0.4, -0.2) is 72.0 Å². The van der Waals surface area contributed by atoms with Gasteiger partial charge >= 0.3 is 0 Å². The van der Waals surface area contributed by atoms with Crippen molar-refractivity contribution >= 4 is 40.0 Å². The van der Waals surface area contributed by atoms with Crippen LogP contribution in [-0.2, 0) is 4.79 Å². The lowest BCUT2D eigenvalue weighted by Crippen LogP contribution is -2.48. The number of aromatic nitrogens is 2. The van der Waals surface area contributed by atoms with Gasteiger partial charge in [-0.15, -0.1) is 10.2 Å². The third kappa shape index (κ3) is 5.83. The van der Waals surface area contributed by atoms with Crippen molar-refractivity contribution in [2.45, 2.75) is 24.2 Å². The minimum atomic E-state index is -0.00795. The summed E-state index contributed by atoms with van der Waals surface area (Å²) in [5, 5.41) is 12.1. The predicted molar refractivity (Wildman–Crippen MR) is 115 cm³/mol. The molecule has 156 valence electrons. The van der Waals surface area contributed by atoms with E-state index in [-0.39, 0.29) is 17.9 Å². The first-order chi connectivity index (χ1) is 14.0. The summed E-state index contributed by atoms with van der Waals surface area (Å²) in [6, 6.07) is 7.35. The van der Waals surface area contributed by atoms with Gasteiger partial charge in [0, 0.05) is 37.8 Å². The smallest absolute Gasteiger partial charge is 0.254 e. The number of nitrogens with zero attached hydrogens (tertiary/aromatic N) is 4. The molecule has 1 aliphatic heterocycles. The number of piperazine rings is 1. The first-order valence-electron chi connectivity index (χ1n) is 9.40. The highest BCUT2D eigenvalue weighted by Crippen LogP contribution is 2.28. The molecule has 1 aliphatic rings. The Morgan fingerprint density at radius 2 is 2.00 bits per heavy atom. The molecule has 0 atom stereocenters. The van der Waals surface area contributed by atoms with Gasteiger partial charge in [0.2, 0.25) is 11.0 Å².